The topological polar surface area (TPSA) is 47.8 Å². The first-order valence-electron chi connectivity index (χ1n) is 7.20. The third kappa shape index (κ3) is 2.08. The molecule has 0 aliphatic heterocycles. The SMILES string of the molecule is CCCn1ncnc1CC(=O)C1C2CCCCC21. The van der Waals surface area contributed by atoms with E-state index >= 15 is 0 Å². The minimum Gasteiger partial charge on any atom is -0.299 e. The molecule has 0 saturated heterocycles. The van der Waals surface area contributed by atoms with Gasteiger partial charge in [0.25, 0.3) is 0 Å². The molecule has 2 saturated carbocycles. The van der Waals surface area contributed by atoms with E-state index in [0.29, 0.717) is 30.0 Å². The van der Waals surface area contributed by atoms with Gasteiger partial charge in [0.2, 0.25) is 0 Å². The highest BCUT2D eigenvalue weighted by atomic mass is 16.1. The maximum atomic E-state index is 12.3. The van der Waals surface area contributed by atoms with Crippen LogP contribution < -0.4 is 0 Å². The van der Waals surface area contributed by atoms with Gasteiger partial charge in [-0.2, -0.15) is 5.10 Å². The summed E-state index contributed by atoms with van der Waals surface area (Å²) in [5, 5.41) is 4.18. The van der Waals surface area contributed by atoms with Crippen molar-refractivity contribution >= 4 is 5.78 Å². The molecular formula is C14H21N3O. The quantitative estimate of drug-likeness (QED) is 0.801. The fourth-order valence-electron chi connectivity index (χ4n) is 3.57. The zero-order chi connectivity index (χ0) is 12.5. The average Bonchev–Trinajstić information content (AvgIpc) is 2.97. The fourth-order valence-corrected chi connectivity index (χ4v) is 3.57. The maximum absolute atomic E-state index is 12.3. The number of aromatic nitrogens is 3. The average molecular weight is 247 g/mol. The number of carbonyl (C=O) groups is 1. The summed E-state index contributed by atoms with van der Waals surface area (Å²) >= 11 is 0. The van der Waals surface area contributed by atoms with Gasteiger partial charge in [0.1, 0.15) is 17.9 Å². The van der Waals surface area contributed by atoms with Crippen molar-refractivity contribution in [1.82, 2.24) is 14.8 Å². The molecular weight excluding hydrogens is 226 g/mol. The van der Waals surface area contributed by atoms with E-state index in [4.69, 9.17) is 0 Å². The van der Waals surface area contributed by atoms with E-state index in [1.165, 1.54) is 25.7 Å². The third-order valence-electron chi connectivity index (χ3n) is 4.49. The largest absolute Gasteiger partial charge is 0.299 e. The summed E-state index contributed by atoms with van der Waals surface area (Å²) in [4.78, 5) is 16.5. The second-order valence-corrected chi connectivity index (χ2v) is 5.68. The van der Waals surface area contributed by atoms with Crippen molar-refractivity contribution in [1.29, 1.82) is 0 Å². The summed E-state index contributed by atoms with van der Waals surface area (Å²) in [6.07, 6.45) is 8.24. The Morgan fingerprint density at radius 2 is 2.11 bits per heavy atom. The van der Waals surface area contributed by atoms with Crippen LogP contribution in [0.1, 0.15) is 44.9 Å². The van der Waals surface area contributed by atoms with Crippen molar-refractivity contribution in [2.24, 2.45) is 17.8 Å². The summed E-state index contributed by atoms with van der Waals surface area (Å²) < 4.78 is 1.88. The van der Waals surface area contributed by atoms with Gasteiger partial charge in [0, 0.05) is 12.5 Å². The Labute approximate surface area is 108 Å². The lowest BCUT2D eigenvalue weighted by molar-refractivity contribution is -0.120. The predicted molar refractivity (Wildman–Crippen MR) is 68.0 cm³/mol. The van der Waals surface area contributed by atoms with E-state index in [2.05, 4.69) is 17.0 Å². The van der Waals surface area contributed by atoms with Crippen LogP contribution in [-0.4, -0.2) is 20.5 Å². The third-order valence-corrected chi connectivity index (χ3v) is 4.49. The van der Waals surface area contributed by atoms with Gasteiger partial charge in [-0.15, -0.1) is 0 Å². The minimum atomic E-state index is 0.347. The summed E-state index contributed by atoms with van der Waals surface area (Å²) in [6.45, 7) is 2.98. The van der Waals surface area contributed by atoms with Crippen LogP contribution in [0.5, 0.6) is 0 Å². The van der Waals surface area contributed by atoms with Gasteiger partial charge in [-0.05, 0) is 31.1 Å². The molecule has 0 amide bonds. The molecule has 98 valence electrons. The Hall–Kier alpha value is -1.19. The molecule has 0 bridgehead atoms. The van der Waals surface area contributed by atoms with Crippen LogP contribution in [0.25, 0.3) is 0 Å². The number of Topliss-reactive ketones (excluding diaryl/α,β-unsaturated/α-hetero) is 1. The molecule has 0 N–H and O–H groups in total. The number of hydrogen-bond donors (Lipinski definition) is 0. The molecule has 2 atom stereocenters. The zero-order valence-corrected chi connectivity index (χ0v) is 11.0. The first kappa shape index (κ1) is 11.9. The summed E-state index contributed by atoms with van der Waals surface area (Å²) in [5.41, 5.74) is 0. The van der Waals surface area contributed by atoms with Gasteiger partial charge >= 0.3 is 0 Å². The van der Waals surface area contributed by atoms with Crippen molar-refractivity contribution in [3.05, 3.63) is 12.2 Å². The van der Waals surface area contributed by atoms with Crippen LogP contribution in [0.4, 0.5) is 0 Å². The Kier molecular flexibility index (Phi) is 3.18. The Bertz CT molecular complexity index is 428. The van der Waals surface area contributed by atoms with Crippen molar-refractivity contribution in [2.75, 3.05) is 0 Å². The monoisotopic (exact) mass is 247 g/mol. The minimum absolute atomic E-state index is 0.347. The number of fused-ring (bicyclic) bond motifs is 1. The molecule has 2 fully saturated rings. The summed E-state index contributed by atoms with van der Waals surface area (Å²) in [5.74, 6) is 3.00. The number of ketones is 1. The van der Waals surface area contributed by atoms with Crippen LogP contribution in [-0.2, 0) is 17.8 Å². The fraction of sp³-hybridized carbons (Fsp3) is 0.786. The van der Waals surface area contributed by atoms with E-state index in [9.17, 15) is 4.79 Å². The molecule has 18 heavy (non-hydrogen) atoms. The van der Waals surface area contributed by atoms with Gasteiger partial charge < -0.3 is 0 Å². The lowest BCUT2D eigenvalue weighted by Gasteiger charge is -2.04. The molecule has 1 aromatic rings. The van der Waals surface area contributed by atoms with Crippen LogP contribution in [0, 0.1) is 17.8 Å². The van der Waals surface area contributed by atoms with Crippen LogP contribution in [0.2, 0.25) is 0 Å². The highest BCUT2D eigenvalue weighted by Gasteiger charge is 2.54. The van der Waals surface area contributed by atoms with E-state index in [1.54, 1.807) is 6.33 Å². The highest BCUT2D eigenvalue weighted by molar-refractivity contribution is 5.85. The molecule has 1 heterocycles. The van der Waals surface area contributed by atoms with Gasteiger partial charge in [0.05, 0.1) is 6.42 Å². The summed E-state index contributed by atoms with van der Waals surface area (Å²) in [7, 11) is 0. The van der Waals surface area contributed by atoms with E-state index in [1.807, 2.05) is 4.68 Å². The van der Waals surface area contributed by atoms with Gasteiger partial charge in [-0.1, -0.05) is 19.8 Å². The van der Waals surface area contributed by atoms with Crippen molar-refractivity contribution < 1.29 is 4.79 Å². The standard InChI is InChI=1S/C14H21N3O/c1-2-7-17-13(15-9-16-17)8-12(18)14-10-5-3-4-6-11(10)14/h9-11,14H,2-8H2,1H3. The Balaban J connectivity index is 1.62. The Morgan fingerprint density at radius 1 is 1.39 bits per heavy atom. The molecule has 2 aliphatic rings. The number of carbonyl (C=O) groups excluding carboxylic acids is 1. The van der Waals surface area contributed by atoms with Crippen LogP contribution >= 0.6 is 0 Å². The molecule has 2 aliphatic carbocycles. The lowest BCUT2D eigenvalue weighted by atomic mass is 10.0. The summed E-state index contributed by atoms with van der Waals surface area (Å²) in [6, 6.07) is 0. The molecule has 1 aromatic heterocycles. The van der Waals surface area contributed by atoms with E-state index < -0.39 is 0 Å². The van der Waals surface area contributed by atoms with Crippen molar-refractivity contribution in [3.8, 4) is 0 Å². The van der Waals surface area contributed by atoms with Crippen LogP contribution in [0.15, 0.2) is 6.33 Å². The predicted octanol–water partition coefficient (Wildman–Crippen LogP) is 2.24. The molecule has 0 radical (unpaired) electrons. The number of hydrogen-bond acceptors (Lipinski definition) is 3. The molecule has 0 spiro atoms. The van der Waals surface area contributed by atoms with E-state index in [-0.39, 0.29) is 0 Å². The molecule has 4 heteroatoms. The number of rotatable bonds is 5. The zero-order valence-electron chi connectivity index (χ0n) is 11.0. The smallest absolute Gasteiger partial charge is 0.144 e. The van der Waals surface area contributed by atoms with Crippen LogP contribution in [0.3, 0.4) is 0 Å². The molecule has 0 aromatic carbocycles. The number of aryl methyl sites for hydroxylation is 1. The van der Waals surface area contributed by atoms with Crippen molar-refractivity contribution in [3.63, 3.8) is 0 Å². The van der Waals surface area contributed by atoms with E-state index in [0.717, 1.165) is 18.8 Å². The molecule has 4 nitrogen and oxygen atoms in total. The van der Waals surface area contributed by atoms with Crippen molar-refractivity contribution in [2.45, 2.75) is 52.0 Å². The normalized spacial score (nSPS) is 29.9. The maximum Gasteiger partial charge on any atom is 0.144 e. The van der Waals surface area contributed by atoms with Gasteiger partial charge in [-0.3, -0.25) is 4.79 Å². The Morgan fingerprint density at radius 3 is 2.78 bits per heavy atom. The van der Waals surface area contributed by atoms with Gasteiger partial charge in [0.15, 0.2) is 0 Å². The first-order valence-corrected chi connectivity index (χ1v) is 7.20. The van der Waals surface area contributed by atoms with Gasteiger partial charge in [-0.25, -0.2) is 9.67 Å². The second-order valence-electron chi connectivity index (χ2n) is 5.68. The lowest BCUT2D eigenvalue weighted by Crippen LogP contribution is -2.13. The highest BCUT2D eigenvalue weighted by Crippen LogP contribution is 2.55. The molecule has 3 rings (SSSR count). The first-order chi connectivity index (χ1) is 8.81. The molecule has 2 unspecified atom stereocenters. The number of nitrogens with zero attached hydrogens (tertiary/aromatic N) is 3. The second kappa shape index (κ2) is 4.82.